The van der Waals surface area contributed by atoms with E-state index in [1.54, 1.807) is 0 Å². The highest BCUT2D eigenvalue weighted by Crippen LogP contribution is 2.26. The number of hydrogen-bond donors (Lipinski definition) is 1. The average Bonchev–Trinajstić information content (AvgIpc) is 2.87. The zero-order valence-electron chi connectivity index (χ0n) is 12.5. The van der Waals surface area contributed by atoms with Crippen molar-refractivity contribution in [3.63, 3.8) is 0 Å². The van der Waals surface area contributed by atoms with Crippen molar-refractivity contribution in [3.8, 4) is 11.3 Å². The number of carbonyl (C=O) groups excluding carboxylic acids is 1. The molecule has 3 aromatic rings. The molecule has 3 heteroatoms. The third-order valence-electron chi connectivity index (χ3n) is 3.89. The molecule has 22 heavy (non-hydrogen) atoms. The fraction of sp³-hybridized carbons (Fsp3) is 0.105. The van der Waals surface area contributed by atoms with E-state index in [0.717, 1.165) is 17.0 Å². The Morgan fingerprint density at radius 2 is 1.59 bits per heavy atom. The topological polar surface area (TPSA) is 48.0 Å². The molecule has 0 unspecified atom stereocenters. The molecule has 0 bridgehead atoms. The molecule has 0 saturated heterocycles. The second-order valence-electron chi connectivity index (χ2n) is 5.33. The number of aromatic nitrogens is 1. The van der Waals surface area contributed by atoms with Crippen LogP contribution in [0.1, 0.15) is 21.6 Å². The summed E-state index contributed by atoms with van der Waals surface area (Å²) in [6, 6.07) is 22.1. The van der Waals surface area contributed by atoms with Gasteiger partial charge in [0.25, 0.3) is 5.91 Å². The first kappa shape index (κ1) is 14.1. The van der Waals surface area contributed by atoms with Crippen LogP contribution in [0.3, 0.4) is 0 Å². The van der Waals surface area contributed by atoms with Gasteiger partial charge in [-0.1, -0.05) is 60.7 Å². The first-order chi connectivity index (χ1) is 10.7. The van der Waals surface area contributed by atoms with E-state index in [1.807, 2.05) is 61.5 Å². The summed E-state index contributed by atoms with van der Waals surface area (Å²) in [6.07, 6.45) is 0. The van der Waals surface area contributed by atoms with Crippen molar-refractivity contribution in [2.24, 2.45) is 5.73 Å². The van der Waals surface area contributed by atoms with Crippen LogP contribution in [0, 0.1) is 6.92 Å². The maximum absolute atomic E-state index is 11.7. The predicted molar refractivity (Wildman–Crippen MR) is 88.7 cm³/mol. The second kappa shape index (κ2) is 5.90. The molecule has 1 aromatic heterocycles. The number of nitrogens with zero attached hydrogens (tertiary/aromatic N) is 1. The van der Waals surface area contributed by atoms with E-state index in [9.17, 15) is 4.79 Å². The normalized spacial score (nSPS) is 10.6. The van der Waals surface area contributed by atoms with Gasteiger partial charge >= 0.3 is 0 Å². The molecule has 2 N–H and O–H groups in total. The van der Waals surface area contributed by atoms with Crippen molar-refractivity contribution in [2.45, 2.75) is 13.5 Å². The minimum atomic E-state index is -0.388. The third kappa shape index (κ3) is 2.66. The summed E-state index contributed by atoms with van der Waals surface area (Å²) in [7, 11) is 0. The Labute approximate surface area is 130 Å². The summed E-state index contributed by atoms with van der Waals surface area (Å²) in [4.78, 5) is 11.7. The van der Waals surface area contributed by atoms with E-state index >= 15 is 0 Å². The first-order valence-corrected chi connectivity index (χ1v) is 7.26. The molecule has 3 nitrogen and oxygen atoms in total. The molecule has 3 rings (SSSR count). The van der Waals surface area contributed by atoms with Gasteiger partial charge < -0.3 is 10.3 Å². The molecule has 0 spiro atoms. The molecule has 0 saturated carbocycles. The maximum atomic E-state index is 11.7. The molecule has 0 radical (unpaired) electrons. The van der Waals surface area contributed by atoms with E-state index in [1.165, 1.54) is 5.56 Å². The molecule has 2 aromatic carbocycles. The summed E-state index contributed by atoms with van der Waals surface area (Å²) in [6.45, 7) is 2.65. The highest BCUT2D eigenvalue weighted by atomic mass is 16.1. The first-order valence-electron chi connectivity index (χ1n) is 7.26. The van der Waals surface area contributed by atoms with Gasteiger partial charge in [-0.05, 0) is 24.1 Å². The Morgan fingerprint density at radius 1 is 1.00 bits per heavy atom. The Morgan fingerprint density at radius 3 is 2.18 bits per heavy atom. The van der Waals surface area contributed by atoms with Crippen LogP contribution in [0.25, 0.3) is 11.3 Å². The number of hydrogen-bond acceptors (Lipinski definition) is 1. The fourth-order valence-corrected chi connectivity index (χ4v) is 2.71. The van der Waals surface area contributed by atoms with E-state index in [0.29, 0.717) is 12.1 Å². The van der Waals surface area contributed by atoms with Gasteiger partial charge in [-0.15, -0.1) is 0 Å². The zero-order chi connectivity index (χ0) is 15.5. The quantitative estimate of drug-likeness (QED) is 0.784. The predicted octanol–water partition coefficient (Wildman–Crippen LogP) is 3.61. The third-order valence-corrected chi connectivity index (χ3v) is 3.89. The van der Waals surface area contributed by atoms with Crippen molar-refractivity contribution >= 4 is 5.91 Å². The Bertz CT molecular complexity index is 789. The van der Waals surface area contributed by atoms with Crippen LogP contribution >= 0.6 is 0 Å². The number of rotatable bonds is 4. The van der Waals surface area contributed by atoms with Crippen LogP contribution in [0.2, 0.25) is 0 Å². The summed E-state index contributed by atoms with van der Waals surface area (Å²) >= 11 is 0. The van der Waals surface area contributed by atoms with Crippen LogP contribution in [0.5, 0.6) is 0 Å². The van der Waals surface area contributed by atoms with Gasteiger partial charge in [0.15, 0.2) is 0 Å². The standard InChI is InChI=1S/C19H18N2O/c1-14-17(19(20)22)12-18(16-10-6-3-7-11-16)21(14)13-15-8-4-2-5-9-15/h2-12H,13H2,1H3,(H2,20,22). The number of nitrogens with two attached hydrogens (primary N) is 1. The molecule has 0 aliphatic rings. The van der Waals surface area contributed by atoms with Crippen molar-refractivity contribution in [1.29, 1.82) is 0 Å². The maximum Gasteiger partial charge on any atom is 0.250 e. The second-order valence-corrected chi connectivity index (χ2v) is 5.33. The van der Waals surface area contributed by atoms with Crippen molar-refractivity contribution in [3.05, 3.63) is 83.6 Å². The molecule has 110 valence electrons. The lowest BCUT2D eigenvalue weighted by molar-refractivity contribution is 0.0999. The largest absolute Gasteiger partial charge is 0.366 e. The van der Waals surface area contributed by atoms with Crippen LogP contribution in [0.15, 0.2) is 66.7 Å². The molecule has 0 atom stereocenters. The molecular formula is C19H18N2O. The van der Waals surface area contributed by atoms with Crippen molar-refractivity contribution in [1.82, 2.24) is 4.57 Å². The Kier molecular flexibility index (Phi) is 3.79. The highest BCUT2D eigenvalue weighted by Gasteiger charge is 2.16. The van der Waals surface area contributed by atoms with Crippen molar-refractivity contribution in [2.75, 3.05) is 0 Å². The smallest absolute Gasteiger partial charge is 0.250 e. The summed E-state index contributed by atoms with van der Waals surface area (Å²) in [5.41, 5.74) is 10.3. The number of primary amides is 1. The highest BCUT2D eigenvalue weighted by molar-refractivity contribution is 5.95. The lowest BCUT2D eigenvalue weighted by Gasteiger charge is -2.12. The lowest BCUT2D eigenvalue weighted by atomic mass is 10.1. The Hall–Kier alpha value is -2.81. The molecule has 1 amide bonds. The fourth-order valence-electron chi connectivity index (χ4n) is 2.71. The van der Waals surface area contributed by atoms with Crippen LogP contribution < -0.4 is 5.73 Å². The van der Waals surface area contributed by atoms with Gasteiger partial charge in [0, 0.05) is 17.9 Å². The number of carbonyl (C=O) groups is 1. The zero-order valence-corrected chi connectivity index (χ0v) is 12.5. The van der Waals surface area contributed by atoms with Crippen LogP contribution in [-0.2, 0) is 6.54 Å². The van der Waals surface area contributed by atoms with E-state index in [4.69, 9.17) is 5.73 Å². The number of benzene rings is 2. The van der Waals surface area contributed by atoms with Gasteiger partial charge in [-0.25, -0.2) is 0 Å². The molecule has 1 heterocycles. The minimum Gasteiger partial charge on any atom is -0.366 e. The monoisotopic (exact) mass is 290 g/mol. The number of amides is 1. The van der Waals surface area contributed by atoms with Gasteiger partial charge in [-0.2, -0.15) is 0 Å². The van der Waals surface area contributed by atoms with Crippen molar-refractivity contribution < 1.29 is 4.79 Å². The van der Waals surface area contributed by atoms with Crippen LogP contribution in [-0.4, -0.2) is 10.5 Å². The van der Waals surface area contributed by atoms with E-state index in [-0.39, 0.29) is 5.91 Å². The van der Waals surface area contributed by atoms with Gasteiger partial charge in [-0.3, -0.25) is 4.79 Å². The molecule has 0 fully saturated rings. The SMILES string of the molecule is Cc1c(C(N)=O)cc(-c2ccccc2)n1Cc1ccccc1. The van der Waals surface area contributed by atoms with E-state index in [2.05, 4.69) is 16.7 Å². The minimum absolute atomic E-state index is 0.388. The van der Waals surface area contributed by atoms with Gasteiger partial charge in [0.05, 0.1) is 5.56 Å². The summed E-state index contributed by atoms with van der Waals surface area (Å²) in [5.74, 6) is -0.388. The average molecular weight is 290 g/mol. The summed E-state index contributed by atoms with van der Waals surface area (Å²) in [5, 5.41) is 0. The van der Waals surface area contributed by atoms with Crippen LogP contribution in [0.4, 0.5) is 0 Å². The molecule has 0 aliphatic heterocycles. The van der Waals surface area contributed by atoms with E-state index < -0.39 is 0 Å². The Balaban J connectivity index is 2.12. The summed E-state index contributed by atoms with van der Waals surface area (Å²) < 4.78 is 2.14. The lowest BCUT2D eigenvalue weighted by Crippen LogP contribution is -2.12. The van der Waals surface area contributed by atoms with Gasteiger partial charge in [0.1, 0.15) is 0 Å². The van der Waals surface area contributed by atoms with Gasteiger partial charge in [0.2, 0.25) is 0 Å². The molecular weight excluding hydrogens is 272 g/mol. The molecule has 0 aliphatic carbocycles.